The Labute approximate surface area is 103 Å². The van der Waals surface area contributed by atoms with Gasteiger partial charge in [0.2, 0.25) is 0 Å². The average Bonchev–Trinajstić information content (AvgIpc) is 2.91. The van der Waals surface area contributed by atoms with Gasteiger partial charge in [0.15, 0.2) is 0 Å². The molecule has 0 radical (unpaired) electrons. The Morgan fingerprint density at radius 2 is 1.53 bits per heavy atom. The lowest BCUT2D eigenvalue weighted by Crippen LogP contribution is -2.57. The summed E-state index contributed by atoms with van der Waals surface area (Å²) in [5.74, 6) is 0. The van der Waals surface area contributed by atoms with Crippen LogP contribution in [-0.4, -0.2) is 13.1 Å². The molecule has 0 saturated heterocycles. The molecule has 1 aromatic heterocycles. The average molecular weight is 237 g/mol. The van der Waals surface area contributed by atoms with E-state index in [4.69, 9.17) is 0 Å². The molecule has 0 spiro atoms. The van der Waals surface area contributed by atoms with Crippen LogP contribution in [0.5, 0.6) is 0 Å². The zero-order valence-corrected chi connectivity index (χ0v) is 10.7. The smallest absolute Gasteiger partial charge is 0.148 e. The molecule has 2 heterocycles. The second kappa shape index (κ2) is 4.30. The van der Waals surface area contributed by atoms with E-state index in [2.05, 4.69) is 59.6 Å². The number of rotatable bonds is 2. The van der Waals surface area contributed by atoms with Gasteiger partial charge in [-0.2, -0.15) is 0 Å². The highest BCUT2D eigenvalue weighted by atomic mass is 28.3. The number of pyridine rings is 1. The molecule has 2 aromatic rings. The van der Waals surface area contributed by atoms with Gasteiger partial charge in [0.1, 0.15) is 8.07 Å². The Kier molecular flexibility index (Phi) is 2.65. The molecule has 0 atom stereocenters. The summed E-state index contributed by atoms with van der Waals surface area (Å²) in [4.78, 5) is 4.63. The monoisotopic (exact) mass is 237 g/mol. The van der Waals surface area contributed by atoms with Gasteiger partial charge in [-0.05, 0) is 24.2 Å². The first-order valence-corrected chi connectivity index (χ1v) is 8.45. The van der Waals surface area contributed by atoms with Crippen molar-refractivity contribution in [1.29, 1.82) is 0 Å². The predicted molar refractivity (Wildman–Crippen MR) is 74.5 cm³/mol. The molecule has 3 rings (SSSR count). The van der Waals surface area contributed by atoms with Crippen molar-refractivity contribution in [3.63, 3.8) is 0 Å². The third-order valence-electron chi connectivity index (χ3n) is 3.58. The fourth-order valence-electron chi connectivity index (χ4n) is 2.65. The van der Waals surface area contributed by atoms with Gasteiger partial charge in [0.05, 0.1) is 0 Å². The van der Waals surface area contributed by atoms with Crippen LogP contribution in [0.1, 0.15) is 0 Å². The van der Waals surface area contributed by atoms with E-state index in [9.17, 15) is 0 Å². The van der Waals surface area contributed by atoms with Crippen molar-refractivity contribution in [3.05, 3.63) is 66.9 Å². The Morgan fingerprint density at radius 3 is 2.18 bits per heavy atom. The van der Waals surface area contributed by atoms with Gasteiger partial charge in [-0.15, -0.1) is 0 Å². The first-order chi connectivity index (χ1) is 8.42. The Hall–Kier alpha value is -1.67. The van der Waals surface area contributed by atoms with E-state index in [-0.39, 0.29) is 0 Å². The van der Waals surface area contributed by atoms with Crippen molar-refractivity contribution < 1.29 is 0 Å². The third-order valence-corrected chi connectivity index (χ3v) is 8.16. The highest BCUT2D eigenvalue weighted by molar-refractivity contribution is 7.02. The summed E-state index contributed by atoms with van der Waals surface area (Å²) >= 11 is 0. The topological polar surface area (TPSA) is 12.9 Å². The zero-order chi connectivity index (χ0) is 11.6. The second-order valence-electron chi connectivity index (χ2n) is 4.54. The van der Waals surface area contributed by atoms with Gasteiger partial charge in [-0.25, -0.2) is 0 Å². The maximum atomic E-state index is 4.63. The van der Waals surface area contributed by atoms with E-state index in [0.717, 1.165) is 0 Å². The van der Waals surface area contributed by atoms with Crippen LogP contribution < -0.4 is 10.5 Å². The highest BCUT2D eigenvalue weighted by Crippen LogP contribution is 2.22. The molecular formula is C15H15NSi. The van der Waals surface area contributed by atoms with Crippen LogP contribution in [-0.2, 0) is 0 Å². The molecule has 0 bridgehead atoms. The SMILES string of the molecule is C1=CC[Si](c2ccccc2)(c2ccccn2)C1. The Morgan fingerprint density at radius 1 is 0.824 bits per heavy atom. The van der Waals surface area contributed by atoms with Crippen LogP contribution in [0.2, 0.25) is 12.1 Å². The van der Waals surface area contributed by atoms with Gasteiger partial charge >= 0.3 is 0 Å². The normalized spacial score (nSPS) is 17.2. The molecule has 0 fully saturated rings. The molecule has 1 nitrogen and oxygen atoms in total. The zero-order valence-electron chi connectivity index (χ0n) is 9.71. The maximum absolute atomic E-state index is 4.63. The Bertz CT molecular complexity index is 470. The van der Waals surface area contributed by atoms with Crippen molar-refractivity contribution in [2.24, 2.45) is 0 Å². The van der Waals surface area contributed by atoms with Crippen LogP contribution in [0.25, 0.3) is 0 Å². The van der Waals surface area contributed by atoms with E-state index in [1.807, 2.05) is 12.3 Å². The van der Waals surface area contributed by atoms with Crippen molar-refractivity contribution >= 4 is 18.6 Å². The molecule has 84 valence electrons. The molecule has 0 unspecified atom stereocenters. The lowest BCUT2D eigenvalue weighted by atomic mass is 10.4. The van der Waals surface area contributed by atoms with Crippen molar-refractivity contribution in [1.82, 2.24) is 4.98 Å². The number of hydrogen-bond donors (Lipinski definition) is 0. The Balaban J connectivity index is 2.12. The quantitative estimate of drug-likeness (QED) is 0.576. The minimum Gasteiger partial charge on any atom is -0.266 e. The lowest BCUT2D eigenvalue weighted by Gasteiger charge is -2.26. The summed E-state index contributed by atoms with van der Waals surface area (Å²) in [6.07, 6.45) is 6.58. The summed E-state index contributed by atoms with van der Waals surface area (Å²) in [6.45, 7) is 0. The van der Waals surface area contributed by atoms with Crippen LogP contribution >= 0.6 is 0 Å². The summed E-state index contributed by atoms with van der Waals surface area (Å²) in [6, 6.07) is 19.6. The second-order valence-corrected chi connectivity index (χ2v) is 8.61. The molecule has 0 saturated carbocycles. The van der Waals surface area contributed by atoms with Crippen LogP contribution in [0, 0.1) is 0 Å². The van der Waals surface area contributed by atoms with Gasteiger partial charge < -0.3 is 0 Å². The molecule has 17 heavy (non-hydrogen) atoms. The number of benzene rings is 1. The first kappa shape index (κ1) is 10.5. The number of nitrogens with zero attached hydrogens (tertiary/aromatic N) is 1. The fraction of sp³-hybridized carbons (Fsp3) is 0.133. The van der Waals surface area contributed by atoms with E-state index in [0.29, 0.717) is 0 Å². The summed E-state index contributed by atoms with van der Waals surface area (Å²) in [7, 11) is -1.61. The van der Waals surface area contributed by atoms with E-state index in [1.165, 1.54) is 22.6 Å². The summed E-state index contributed by atoms with van der Waals surface area (Å²) in [5.41, 5.74) is 0. The fourth-order valence-corrected chi connectivity index (χ4v) is 6.71. The minimum absolute atomic E-state index is 1.19. The van der Waals surface area contributed by atoms with Crippen LogP contribution in [0.3, 0.4) is 0 Å². The molecule has 0 amide bonds. The van der Waals surface area contributed by atoms with Crippen molar-refractivity contribution in [2.45, 2.75) is 12.1 Å². The highest BCUT2D eigenvalue weighted by Gasteiger charge is 2.38. The number of hydrogen-bond acceptors (Lipinski definition) is 1. The van der Waals surface area contributed by atoms with Gasteiger partial charge in [-0.1, -0.05) is 53.7 Å². The standard InChI is InChI=1S/C15H15NSi/c1-2-8-14(9-3-1)17(12-6-7-13-17)15-10-4-5-11-16-15/h1-11H,12-13H2. The lowest BCUT2D eigenvalue weighted by molar-refractivity contribution is 1.35. The molecule has 1 aliphatic rings. The molecule has 1 aromatic carbocycles. The number of allylic oxidation sites excluding steroid dienone is 2. The molecule has 0 N–H and O–H groups in total. The van der Waals surface area contributed by atoms with Crippen LogP contribution in [0.4, 0.5) is 0 Å². The van der Waals surface area contributed by atoms with Gasteiger partial charge in [-0.3, -0.25) is 4.98 Å². The van der Waals surface area contributed by atoms with Gasteiger partial charge in [0.25, 0.3) is 0 Å². The third kappa shape index (κ3) is 1.74. The maximum Gasteiger partial charge on any atom is 0.148 e. The minimum atomic E-state index is -1.61. The van der Waals surface area contributed by atoms with E-state index < -0.39 is 8.07 Å². The van der Waals surface area contributed by atoms with Gasteiger partial charge in [0, 0.05) is 11.5 Å². The first-order valence-electron chi connectivity index (χ1n) is 6.04. The summed E-state index contributed by atoms with van der Waals surface area (Å²) < 4.78 is 0. The largest absolute Gasteiger partial charge is 0.266 e. The van der Waals surface area contributed by atoms with E-state index in [1.54, 1.807) is 0 Å². The molecular weight excluding hydrogens is 222 g/mol. The van der Waals surface area contributed by atoms with Crippen molar-refractivity contribution in [3.8, 4) is 0 Å². The van der Waals surface area contributed by atoms with E-state index >= 15 is 0 Å². The predicted octanol–water partition coefficient (Wildman–Crippen LogP) is 2.21. The molecule has 2 heteroatoms. The molecule has 0 aliphatic carbocycles. The molecule has 1 aliphatic heterocycles. The number of aromatic nitrogens is 1. The van der Waals surface area contributed by atoms with Crippen molar-refractivity contribution in [2.75, 3.05) is 0 Å². The summed E-state index contributed by atoms with van der Waals surface area (Å²) in [5, 5.41) is 2.82. The van der Waals surface area contributed by atoms with Crippen LogP contribution in [0.15, 0.2) is 66.9 Å².